The molecule has 1 aromatic carbocycles. The van der Waals surface area contributed by atoms with Crippen molar-refractivity contribution in [1.29, 1.82) is 0 Å². The number of carbonyl (C=O) groups is 1. The van der Waals surface area contributed by atoms with Crippen molar-refractivity contribution in [1.82, 2.24) is 0 Å². The molecule has 0 saturated carbocycles. The molecule has 1 rings (SSSR count). The van der Waals surface area contributed by atoms with Crippen LogP contribution in [0.2, 0.25) is 0 Å². The third-order valence-corrected chi connectivity index (χ3v) is 2.75. The van der Waals surface area contributed by atoms with E-state index in [9.17, 15) is 4.79 Å². The molecule has 1 aromatic rings. The van der Waals surface area contributed by atoms with E-state index >= 15 is 0 Å². The van der Waals surface area contributed by atoms with Crippen molar-refractivity contribution in [3.8, 4) is 0 Å². The maximum Gasteiger partial charge on any atom is 0.308 e. The highest BCUT2D eigenvalue weighted by molar-refractivity contribution is 14.1. The summed E-state index contributed by atoms with van der Waals surface area (Å²) in [5.74, 6) is -0.260. The van der Waals surface area contributed by atoms with E-state index < -0.39 is 5.60 Å². The molecule has 94 valence electrons. The first-order valence-corrected chi connectivity index (χ1v) is 6.59. The zero-order valence-corrected chi connectivity index (χ0v) is 12.5. The number of hydrogen-bond donors (Lipinski definition) is 1. The Bertz CT molecular complexity index is 399. The Labute approximate surface area is 116 Å². The molecule has 0 heterocycles. The van der Waals surface area contributed by atoms with E-state index in [2.05, 4.69) is 22.6 Å². The van der Waals surface area contributed by atoms with Crippen molar-refractivity contribution < 1.29 is 9.53 Å². The molecule has 3 nitrogen and oxygen atoms in total. The topological polar surface area (TPSA) is 52.3 Å². The number of ether oxygens (including phenoxy) is 1. The smallest absolute Gasteiger partial charge is 0.308 e. The molecule has 0 aliphatic heterocycles. The quantitative estimate of drug-likeness (QED) is 0.676. The zero-order chi connectivity index (χ0) is 13.1. The van der Waals surface area contributed by atoms with E-state index in [0.717, 1.165) is 9.13 Å². The monoisotopic (exact) mass is 347 g/mol. The highest BCUT2D eigenvalue weighted by Crippen LogP contribution is 2.18. The lowest BCUT2D eigenvalue weighted by Crippen LogP contribution is -2.26. The van der Waals surface area contributed by atoms with Crippen molar-refractivity contribution in [2.75, 3.05) is 0 Å². The normalized spacial score (nSPS) is 13.2. The fraction of sp³-hybridized carbons (Fsp3) is 0.462. The number of halogens is 1. The maximum absolute atomic E-state index is 11.6. The molecule has 1 unspecified atom stereocenters. The summed E-state index contributed by atoms with van der Waals surface area (Å²) in [5, 5.41) is 0. The number of hydrogen-bond acceptors (Lipinski definition) is 3. The van der Waals surface area contributed by atoms with Crippen LogP contribution in [-0.2, 0) is 9.53 Å². The Hall–Kier alpha value is -0.620. The predicted octanol–water partition coefficient (Wildman–Crippen LogP) is 3.02. The minimum Gasteiger partial charge on any atom is -0.460 e. The summed E-state index contributed by atoms with van der Waals surface area (Å²) < 4.78 is 6.35. The van der Waals surface area contributed by atoms with Crippen molar-refractivity contribution in [3.05, 3.63) is 33.4 Å². The number of nitrogens with two attached hydrogens (primary N) is 1. The molecule has 1 atom stereocenters. The van der Waals surface area contributed by atoms with Gasteiger partial charge in [-0.3, -0.25) is 4.79 Å². The number of esters is 1. The standard InChI is InChI=1S/C13H18INO2/c1-13(2,3)17-12(16)8-11(15)9-5-4-6-10(14)7-9/h4-7,11H,8,15H2,1-3H3. The van der Waals surface area contributed by atoms with Gasteiger partial charge in [0, 0.05) is 9.61 Å². The highest BCUT2D eigenvalue weighted by Gasteiger charge is 2.19. The van der Waals surface area contributed by atoms with Crippen LogP contribution in [0.5, 0.6) is 0 Å². The highest BCUT2D eigenvalue weighted by atomic mass is 127. The average molecular weight is 347 g/mol. The van der Waals surface area contributed by atoms with Gasteiger partial charge >= 0.3 is 5.97 Å². The average Bonchev–Trinajstić information content (AvgIpc) is 2.14. The van der Waals surface area contributed by atoms with Crippen LogP contribution in [0.1, 0.15) is 38.8 Å². The molecule has 0 amide bonds. The van der Waals surface area contributed by atoms with Gasteiger partial charge in [0.15, 0.2) is 0 Å². The molecule has 0 saturated heterocycles. The summed E-state index contributed by atoms with van der Waals surface area (Å²) in [6.45, 7) is 5.55. The molecule has 0 aliphatic carbocycles. The molecule has 17 heavy (non-hydrogen) atoms. The van der Waals surface area contributed by atoms with Crippen LogP contribution in [0.25, 0.3) is 0 Å². The van der Waals surface area contributed by atoms with Crippen molar-refractivity contribution in [2.45, 2.75) is 38.8 Å². The van der Waals surface area contributed by atoms with Crippen molar-refractivity contribution in [2.24, 2.45) is 5.73 Å². The summed E-state index contributed by atoms with van der Waals surface area (Å²) in [7, 11) is 0. The first-order valence-electron chi connectivity index (χ1n) is 5.51. The van der Waals surface area contributed by atoms with E-state index in [-0.39, 0.29) is 18.4 Å². The Kier molecular flexibility index (Phi) is 4.94. The lowest BCUT2D eigenvalue weighted by Gasteiger charge is -2.21. The third-order valence-electron chi connectivity index (χ3n) is 2.08. The van der Waals surface area contributed by atoms with Crippen LogP contribution < -0.4 is 5.73 Å². The van der Waals surface area contributed by atoms with Gasteiger partial charge in [0.2, 0.25) is 0 Å². The molecule has 0 spiro atoms. The van der Waals surface area contributed by atoms with E-state index in [4.69, 9.17) is 10.5 Å². The second-order valence-electron chi connectivity index (χ2n) is 4.95. The summed E-state index contributed by atoms with van der Waals surface area (Å²) in [6.07, 6.45) is 0.206. The second-order valence-corrected chi connectivity index (χ2v) is 6.20. The fourth-order valence-corrected chi connectivity index (χ4v) is 1.98. The first kappa shape index (κ1) is 14.4. The molecule has 0 bridgehead atoms. The molecule has 0 fully saturated rings. The predicted molar refractivity (Wildman–Crippen MR) is 76.5 cm³/mol. The lowest BCUT2D eigenvalue weighted by atomic mass is 10.0. The van der Waals surface area contributed by atoms with Gasteiger partial charge in [-0.15, -0.1) is 0 Å². The molecule has 2 N–H and O–H groups in total. The number of rotatable bonds is 3. The van der Waals surface area contributed by atoms with Gasteiger partial charge in [-0.25, -0.2) is 0 Å². The van der Waals surface area contributed by atoms with Gasteiger partial charge in [0.1, 0.15) is 5.60 Å². The molecular formula is C13H18INO2. The second kappa shape index (κ2) is 5.82. The minimum absolute atomic E-state index is 0.206. The number of benzene rings is 1. The zero-order valence-electron chi connectivity index (χ0n) is 10.4. The summed E-state index contributed by atoms with van der Waals surface area (Å²) in [5.41, 5.74) is 6.48. The largest absolute Gasteiger partial charge is 0.460 e. The molecule has 0 aromatic heterocycles. The van der Waals surface area contributed by atoms with Gasteiger partial charge in [0.05, 0.1) is 6.42 Å². The van der Waals surface area contributed by atoms with E-state index in [1.54, 1.807) is 0 Å². The van der Waals surface area contributed by atoms with Gasteiger partial charge in [-0.1, -0.05) is 12.1 Å². The third kappa shape index (κ3) is 5.50. The SMILES string of the molecule is CC(C)(C)OC(=O)CC(N)c1cccc(I)c1. The summed E-state index contributed by atoms with van der Waals surface area (Å²) in [4.78, 5) is 11.6. The lowest BCUT2D eigenvalue weighted by molar-refractivity contribution is -0.155. The van der Waals surface area contributed by atoms with Crippen molar-refractivity contribution in [3.63, 3.8) is 0 Å². The van der Waals surface area contributed by atoms with Crippen LogP contribution in [0.3, 0.4) is 0 Å². The molecular weight excluding hydrogens is 329 g/mol. The van der Waals surface area contributed by atoms with Crippen molar-refractivity contribution >= 4 is 28.6 Å². The van der Waals surface area contributed by atoms with Crippen LogP contribution in [0.4, 0.5) is 0 Å². The van der Waals surface area contributed by atoms with Gasteiger partial charge in [-0.05, 0) is 61.1 Å². The fourth-order valence-electron chi connectivity index (χ4n) is 1.42. The van der Waals surface area contributed by atoms with Gasteiger partial charge < -0.3 is 10.5 Å². The Morgan fingerprint density at radius 1 is 1.47 bits per heavy atom. The van der Waals surface area contributed by atoms with E-state index in [0.29, 0.717) is 0 Å². The van der Waals surface area contributed by atoms with Crippen LogP contribution in [0, 0.1) is 3.57 Å². The minimum atomic E-state index is -0.456. The van der Waals surface area contributed by atoms with E-state index in [1.165, 1.54) is 0 Å². The van der Waals surface area contributed by atoms with Crippen LogP contribution in [0.15, 0.2) is 24.3 Å². The number of carbonyl (C=O) groups excluding carboxylic acids is 1. The van der Waals surface area contributed by atoms with Crippen LogP contribution >= 0.6 is 22.6 Å². The van der Waals surface area contributed by atoms with Gasteiger partial charge in [-0.2, -0.15) is 0 Å². The first-order chi connectivity index (χ1) is 7.78. The van der Waals surface area contributed by atoms with Crippen LogP contribution in [-0.4, -0.2) is 11.6 Å². The van der Waals surface area contributed by atoms with E-state index in [1.807, 2.05) is 45.0 Å². The summed E-state index contributed by atoms with van der Waals surface area (Å²) in [6, 6.07) is 7.53. The Balaban J connectivity index is 2.61. The summed E-state index contributed by atoms with van der Waals surface area (Å²) >= 11 is 2.22. The molecule has 0 radical (unpaired) electrons. The molecule has 4 heteroatoms. The Morgan fingerprint density at radius 3 is 2.65 bits per heavy atom. The Morgan fingerprint density at radius 2 is 2.12 bits per heavy atom. The maximum atomic E-state index is 11.6. The van der Waals surface area contributed by atoms with Gasteiger partial charge in [0.25, 0.3) is 0 Å². The molecule has 0 aliphatic rings.